The fourth-order valence-corrected chi connectivity index (χ4v) is 2.79. The molecule has 1 atom stereocenters. The summed E-state index contributed by atoms with van der Waals surface area (Å²) in [5.74, 6) is -1.18. The summed E-state index contributed by atoms with van der Waals surface area (Å²) >= 11 is 12.0. The van der Waals surface area contributed by atoms with Crippen molar-refractivity contribution in [2.24, 2.45) is 0 Å². The fraction of sp³-hybridized carbons (Fsp3) is 0.125. The number of rotatable bonds is 3. The van der Waals surface area contributed by atoms with Crippen LogP contribution in [0.2, 0.25) is 10.0 Å². The van der Waals surface area contributed by atoms with Gasteiger partial charge in [0, 0.05) is 5.69 Å². The molecule has 1 heterocycles. The Kier molecular flexibility index (Phi) is 4.24. The summed E-state index contributed by atoms with van der Waals surface area (Å²) in [5, 5.41) is 3.34. The number of nitrogens with zero attached hydrogens (tertiary/aromatic N) is 1. The lowest BCUT2D eigenvalue weighted by Crippen LogP contribution is -2.35. The third-order valence-corrected chi connectivity index (χ3v) is 4.31. The van der Waals surface area contributed by atoms with Crippen LogP contribution in [-0.2, 0) is 9.59 Å². The van der Waals surface area contributed by atoms with E-state index in [0.717, 1.165) is 4.90 Å². The molecule has 0 aliphatic carbocycles. The SMILES string of the molecule is O=C1C[C@H](Nc2ccc(F)cc2)C(=O)N1c1cccc(Cl)c1Cl. The van der Waals surface area contributed by atoms with Gasteiger partial charge in [-0.2, -0.15) is 0 Å². The predicted molar refractivity (Wildman–Crippen MR) is 87.4 cm³/mol. The standard InChI is InChI=1S/C16H11Cl2FN2O2/c17-11-2-1-3-13(15(11)18)21-14(22)8-12(16(21)23)20-10-6-4-9(19)5-7-10/h1-7,12,20H,8H2/t12-/m0/s1. The average molecular weight is 353 g/mol. The zero-order valence-corrected chi connectivity index (χ0v) is 13.2. The lowest BCUT2D eigenvalue weighted by molar-refractivity contribution is -0.121. The lowest BCUT2D eigenvalue weighted by atomic mass is 10.2. The Morgan fingerprint density at radius 1 is 1.09 bits per heavy atom. The van der Waals surface area contributed by atoms with E-state index in [2.05, 4.69) is 5.32 Å². The summed E-state index contributed by atoms with van der Waals surface area (Å²) in [6, 6.07) is 9.57. The van der Waals surface area contributed by atoms with Crippen molar-refractivity contribution in [3.63, 3.8) is 0 Å². The molecular weight excluding hydrogens is 342 g/mol. The van der Waals surface area contributed by atoms with Gasteiger partial charge in [-0.25, -0.2) is 9.29 Å². The van der Waals surface area contributed by atoms with Gasteiger partial charge < -0.3 is 5.32 Å². The third kappa shape index (κ3) is 3.02. The monoisotopic (exact) mass is 352 g/mol. The van der Waals surface area contributed by atoms with Crippen LogP contribution in [0.5, 0.6) is 0 Å². The Morgan fingerprint density at radius 3 is 2.48 bits per heavy atom. The number of amides is 2. The zero-order valence-electron chi connectivity index (χ0n) is 11.7. The van der Waals surface area contributed by atoms with Gasteiger partial charge in [0.05, 0.1) is 22.2 Å². The third-order valence-electron chi connectivity index (χ3n) is 3.50. The molecule has 2 aromatic rings. The van der Waals surface area contributed by atoms with Gasteiger partial charge >= 0.3 is 0 Å². The van der Waals surface area contributed by atoms with Gasteiger partial charge in [-0.05, 0) is 36.4 Å². The zero-order chi connectivity index (χ0) is 16.6. The normalized spacial score (nSPS) is 17.7. The number of anilines is 2. The van der Waals surface area contributed by atoms with E-state index in [1.807, 2.05) is 0 Å². The molecule has 2 aromatic carbocycles. The van der Waals surface area contributed by atoms with E-state index in [1.165, 1.54) is 24.3 Å². The molecule has 23 heavy (non-hydrogen) atoms. The maximum Gasteiger partial charge on any atom is 0.256 e. The van der Waals surface area contributed by atoms with E-state index >= 15 is 0 Å². The molecule has 1 N–H and O–H groups in total. The van der Waals surface area contributed by atoms with Gasteiger partial charge in [-0.3, -0.25) is 9.59 Å². The van der Waals surface area contributed by atoms with Crippen LogP contribution in [-0.4, -0.2) is 17.9 Å². The average Bonchev–Trinajstić information content (AvgIpc) is 2.79. The summed E-state index contributed by atoms with van der Waals surface area (Å²) in [4.78, 5) is 25.7. The summed E-state index contributed by atoms with van der Waals surface area (Å²) in [5.41, 5.74) is 0.814. The molecule has 0 aromatic heterocycles. The first-order chi connectivity index (χ1) is 11.0. The lowest BCUT2D eigenvalue weighted by Gasteiger charge is -2.17. The van der Waals surface area contributed by atoms with E-state index in [9.17, 15) is 14.0 Å². The van der Waals surface area contributed by atoms with Crippen LogP contribution in [0.1, 0.15) is 6.42 Å². The van der Waals surface area contributed by atoms with E-state index in [-0.39, 0.29) is 33.9 Å². The number of hydrogen-bond acceptors (Lipinski definition) is 3. The molecule has 118 valence electrons. The molecule has 1 fully saturated rings. The number of carbonyl (C=O) groups excluding carboxylic acids is 2. The maximum absolute atomic E-state index is 12.9. The van der Waals surface area contributed by atoms with Crippen molar-refractivity contribution in [1.82, 2.24) is 0 Å². The molecule has 7 heteroatoms. The minimum atomic E-state index is -0.733. The molecule has 4 nitrogen and oxygen atoms in total. The topological polar surface area (TPSA) is 49.4 Å². The van der Waals surface area contributed by atoms with Crippen LogP contribution >= 0.6 is 23.2 Å². The molecule has 3 rings (SSSR count). The molecule has 0 radical (unpaired) electrons. The second-order valence-electron chi connectivity index (χ2n) is 5.05. The minimum absolute atomic E-state index is 0.0148. The Balaban J connectivity index is 1.85. The van der Waals surface area contributed by atoms with E-state index in [1.54, 1.807) is 18.2 Å². The van der Waals surface area contributed by atoms with Crippen LogP contribution < -0.4 is 10.2 Å². The molecule has 1 aliphatic rings. The first-order valence-electron chi connectivity index (χ1n) is 6.80. The Hall–Kier alpha value is -2.11. The maximum atomic E-state index is 12.9. The van der Waals surface area contributed by atoms with Crippen molar-refractivity contribution in [3.8, 4) is 0 Å². The van der Waals surface area contributed by atoms with Gasteiger partial charge in [0.25, 0.3) is 5.91 Å². The van der Waals surface area contributed by atoms with Crippen LogP contribution in [0.4, 0.5) is 15.8 Å². The van der Waals surface area contributed by atoms with E-state index < -0.39 is 11.9 Å². The number of carbonyl (C=O) groups is 2. The highest BCUT2D eigenvalue weighted by molar-refractivity contribution is 6.45. The van der Waals surface area contributed by atoms with Gasteiger partial charge in [0.15, 0.2) is 0 Å². The molecule has 0 bridgehead atoms. The van der Waals surface area contributed by atoms with Crippen molar-refractivity contribution >= 4 is 46.4 Å². The van der Waals surface area contributed by atoms with Crippen molar-refractivity contribution in [1.29, 1.82) is 0 Å². The van der Waals surface area contributed by atoms with Gasteiger partial charge in [-0.1, -0.05) is 29.3 Å². The molecule has 0 saturated carbocycles. The number of hydrogen-bond donors (Lipinski definition) is 1. The van der Waals surface area contributed by atoms with Crippen molar-refractivity contribution in [3.05, 3.63) is 58.3 Å². The number of imide groups is 1. The molecule has 1 saturated heterocycles. The molecule has 0 spiro atoms. The van der Waals surface area contributed by atoms with Gasteiger partial charge in [0.1, 0.15) is 11.9 Å². The molecule has 1 aliphatic heterocycles. The predicted octanol–water partition coefficient (Wildman–Crippen LogP) is 3.88. The molecular formula is C16H11Cl2FN2O2. The molecule has 0 unspecified atom stereocenters. The Labute approximate surface area is 141 Å². The van der Waals surface area contributed by atoms with Crippen LogP contribution in [0.15, 0.2) is 42.5 Å². The quantitative estimate of drug-likeness (QED) is 0.852. The van der Waals surface area contributed by atoms with Crippen molar-refractivity contribution < 1.29 is 14.0 Å². The second kappa shape index (κ2) is 6.18. The summed E-state index contributed by atoms with van der Waals surface area (Å²) in [6.07, 6.45) is -0.0148. The van der Waals surface area contributed by atoms with Gasteiger partial charge in [-0.15, -0.1) is 0 Å². The highest BCUT2D eigenvalue weighted by atomic mass is 35.5. The van der Waals surface area contributed by atoms with Crippen molar-refractivity contribution in [2.45, 2.75) is 12.5 Å². The second-order valence-corrected chi connectivity index (χ2v) is 5.83. The Bertz CT molecular complexity index is 780. The Morgan fingerprint density at radius 2 is 1.78 bits per heavy atom. The van der Waals surface area contributed by atoms with Gasteiger partial charge in [0.2, 0.25) is 5.91 Å². The van der Waals surface area contributed by atoms with Crippen LogP contribution in [0, 0.1) is 5.82 Å². The number of nitrogens with one attached hydrogen (secondary N) is 1. The first-order valence-corrected chi connectivity index (χ1v) is 7.56. The minimum Gasteiger partial charge on any atom is -0.373 e. The van der Waals surface area contributed by atoms with Crippen LogP contribution in [0.25, 0.3) is 0 Å². The first kappa shape index (κ1) is 15.8. The summed E-state index contributed by atoms with van der Waals surface area (Å²) in [6.45, 7) is 0. The smallest absolute Gasteiger partial charge is 0.256 e. The number of benzene rings is 2. The number of halogens is 3. The van der Waals surface area contributed by atoms with Crippen LogP contribution in [0.3, 0.4) is 0 Å². The fourth-order valence-electron chi connectivity index (χ4n) is 2.41. The molecule has 2 amide bonds. The van der Waals surface area contributed by atoms with E-state index in [4.69, 9.17) is 23.2 Å². The largest absolute Gasteiger partial charge is 0.373 e. The van der Waals surface area contributed by atoms with Crippen molar-refractivity contribution in [2.75, 3.05) is 10.2 Å². The highest BCUT2D eigenvalue weighted by Crippen LogP contribution is 2.35. The highest BCUT2D eigenvalue weighted by Gasteiger charge is 2.40. The summed E-state index contributed by atoms with van der Waals surface area (Å²) in [7, 11) is 0. The van der Waals surface area contributed by atoms with E-state index in [0.29, 0.717) is 5.69 Å². The summed E-state index contributed by atoms with van der Waals surface area (Å²) < 4.78 is 12.9.